The van der Waals surface area contributed by atoms with E-state index in [2.05, 4.69) is 4.90 Å². The van der Waals surface area contributed by atoms with E-state index >= 15 is 0 Å². The maximum absolute atomic E-state index is 13.0. The monoisotopic (exact) mass is 449 g/mol. The predicted octanol–water partition coefficient (Wildman–Crippen LogP) is 5.68. The largest absolute Gasteiger partial charge is 0.309 e. The molecule has 0 aliphatic rings. The summed E-state index contributed by atoms with van der Waals surface area (Å²) in [7, 11) is 4.06. The van der Waals surface area contributed by atoms with E-state index in [0.29, 0.717) is 11.6 Å². The summed E-state index contributed by atoms with van der Waals surface area (Å²) in [6.45, 7) is 3.56. The average Bonchev–Trinajstić information content (AvgIpc) is 3.09. The van der Waals surface area contributed by atoms with E-state index < -0.39 is 0 Å². The summed E-state index contributed by atoms with van der Waals surface area (Å²) in [6, 6.07) is 13.6. The fourth-order valence-electron chi connectivity index (χ4n) is 2.90. The molecule has 3 aromatic rings. The smallest absolute Gasteiger partial charge is 0.252 e. The first-order valence-corrected chi connectivity index (χ1v) is 10.4. The van der Waals surface area contributed by atoms with Crippen molar-refractivity contribution in [2.24, 2.45) is 0 Å². The summed E-state index contributed by atoms with van der Waals surface area (Å²) in [4.78, 5) is 21.6. The van der Waals surface area contributed by atoms with Crippen molar-refractivity contribution in [2.45, 2.75) is 13.3 Å². The number of carbonyl (C=O) groups is 1. The Morgan fingerprint density at radius 1 is 1.14 bits per heavy atom. The first-order chi connectivity index (χ1) is 13.5. The molecule has 4 nitrogen and oxygen atoms in total. The Kier molecular flexibility index (Phi) is 8.65. The van der Waals surface area contributed by atoms with Gasteiger partial charge in [-0.2, -0.15) is 0 Å². The summed E-state index contributed by atoms with van der Waals surface area (Å²) in [6.07, 6.45) is 4.21. The number of para-hydroxylation sites is 1. The summed E-state index contributed by atoms with van der Waals surface area (Å²) in [5.74, 6) is -0.0876. The Labute approximate surface area is 187 Å². The van der Waals surface area contributed by atoms with Gasteiger partial charge in [-0.05, 0) is 63.3 Å². The van der Waals surface area contributed by atoms with E-state index in [0.717, 1.165) is 39.4 Å². The lowest BCUT2D eigenvalue weighted by Gasteiger charge is -2.19. The molecule has 0 fully saturated rings. The van der Waals surface area contributed by atoms with Gasteiger partial charge in [-0.15, -0.1) is 12.4 Å². The van der Waals surface area contributed by atoms with Crippen LogP contribution in [0.15, 0.2) is 48.5 Å². The minimum absolute atomic E-state index is 0. The second kappa shape index (κ2) is 10.7. The number of benzene rings is 2. The fourth-order valence-corrected chi connectivity index (χ4v) is 4.17. The van der Waals surface area contributed by atoms with Gasteiger partial charge in [-0.1, -0.05) is 53.3 Å². The zero-order chi connectivity index (χ0) is 20.1. The fraction of sp³-hybridized carbons (Fsp3) is 0.273. The lowest BCUT2D eigenvalue weighted by atomic mass is 10.2. The molecule has 0 saturated heterocycles. The van der Waals surface area contributed by atoms with Crippen molar-refractivity contribution in [3.8, 4) is 0 Å². The molecule has 0 saturated carbocycles. The first kappa shape index (κ1) is 23.4. The average molecular weight is 450 g/mol. The Balaban J connectivity index is 0.00000300. The summed E-state index contributed by atoms with van der Waals surface area (Å²) >= 11 is 7.75. The number of amides is 1. The molecule has 29 heavy (non-hydrogen) atoms. The van der Waals surface area contributed by atoms with Crippen LogP contribution in [0.3, 0.4) is 0 Å². The molecule has 0 radical (unpaired) electrons. The van der Waals surface area contributed by atoms with Crippen LogP contribution in [-0.4, -0.2) is 43.0 Å². The number of nitrogens with zero attached hydrogens (tertiary/aromatic N) is 3. The molecular weight excluding hydrogens is 425 g/mol. The van der Waals surface area contributed by atoms with Gasteiger partial charge in [0.25, 0.3) is 5.91 Å². The number of fused-ring (bicyclic) bond motifs is 1. The van der Waals surface area contributed by atoms with Gasteiger partial charge in [-0.3, -0.25) is 9.69 Å². The topological polar surface area (TPSA) is 36.4 Å². The molecule has 0 spiro atoms. The van der Waals surface area contributed by atoms with E-state index in [9.17, 15) is 4.79 Å². The maximum Gasteiger partial charge on any atom is 0.252 e. The molecular formula is C22H25Cl2N3OS. The number of hydrogen-bond acceptors (Lipinski definition) is 4. The highest BCUT2D eigenvalue weighted by Gasteiger charge is 2.18. The highest BCUT2D eigenvalue weighted by Crippen LogP contribution is 2.31. The van der Waals surface area contributed by atoms with Gasteiger partial charge < -0.3 is 4.90 Å². The van der Waals surface area contributed by atoms with Crippen LogP contribution < -0.4 is 4.90 Å². The summed E-state index contributed by atoms with van der Waals surface area (Å²) < 4.78 is 1.09. The second-order valence-corrected chi connectivity index (χ2v) is 8.34. The van der Waals surface area contributed by atoms with Gasteiger partial charge in [0.1, 0.15) is 0 Å². The van der Waals surface area contributed by atoms with Crippen molar-refractivity contribution in [2.75, 3.05) is 32.1 Å². The molecule has 0 atom stereocenters. The second-order valence-electron chi connectivity index (χ2n) is 6.92. The van der Waals surface area contributed by atoms with Gasteiger partial charge in [0, 0.05) is 17.6 Å². The van der Waals surface area contributed by atoms with Crippen LogP contribution in [0.2, 0.25) is 5.02 Å². The van der Waals surface area contributed by atoms with Crippen molar-refractivity contribution in [1.82, 2.24) is 9.88 Å². The third-order valence-electron chi connectivity index (χ3n) is 4.40. The number of rotatable bonds is 7. The standard InChI is InChI=1S/C22H24ClN3OS.ClH/c1-16-8-6-11-19-21(16)24-22(28-19)26(15-7-14-25(2)3)20(27)13-12-17-9-4-5-10-18(17)23;/h4-6,8-13H,7,14-15H2,1-3H3;1H. The molecule has 2 aromatic carbocycles. The van der Waals surface area contributed by atoms with E-state index in [-0.39, 0.29) is 18.3 Å². The van der Waals surface area contributed by atoms with Crippen LogP contribution in [0.4, 0.5) is 5.13 Å². The molecule has 154 valence electrons. The van der Waals surface area contributed by atoms with E-state index in [1.54, 1.807) is 28.4 Å². The molecule has 0 aliphatic carbocycles. The number of thiazole rings is 1. The Bertz CT molecular complexity index is 1000. The Hall–Kier alpha value is -1.92. The number of aromatic nitrogens is 1. The molecule has 3 rings (SSSR count). The van der Waals surface area contributed by atoms with Gasteiger partial charge in [0.15, 0.2) is 5.13 Å². The minimum atomic E-state index is -0.0876. The van der Waals surface area contributed by atoms with Gasteiger partial charge >= 0.3 is 0 Å². The van der Waals surface area contributed by atoms with Crippen LogP contribution >= 0.6 is 35.3 Å². The summed E-state index contributed by atoms with van der Waals surface area (Å²) in [5.41, 5.74) is 2.90. The Morgan fingerprint density at radius 3 is 2.59 bits per heavy atom. The number of aryl methyl sites for hydroxylation is 1. The van der Waals surface area contributed by atoms with E-state index in [4.69, 9.17) is 16.6 Å². The predicted molar refractivity (Wildman–Crippen MR) is 128 cm³/mol. The van der Waals surface area contributed by atoms with Crippen LogP contribution in [0.5, 0.6) is 0 Å². The molecule has 1 aromatic heterocycles. The van der Waals surface area contributed by atoms with Gasteiger partial charge in [0.05, 0.1) is 10.2 Å². The third-order valence-corrected chi connectivity index (χ3v) is 5.79. The Morgan fingerprint density at radius 2 is 1.90 bits per heavy atom. The van der Waals surface area contributed by atoms with Gasteiger partial charge in [-0.25, -0.2) is 4.98 Å². The van der Waals surface area contributed by atoms with Crippen LogP contribution in [0.25, 0.3) is 16.3 Å². The SMILES string of the molecule is Cc1cccc2sc(N(CCCN(C)C)C(=O)C=Cc3ccccc3Cl)nc12.Cl. The highest BCUT2D eigenvalue weighted by atomic mass is 35.5. The van der Waals surface area contributed by atoms with Crippen LogP contribution in [-0.2, 0) is 4.79 Å². The number of anilines is 1. The zero-order valence-corrected chi connectivity index (χ0v) is 19.2. The molecule has 0 N–H and O–H groups in total. The molecule has 0 bridgehead atoms. The quantitative estimate of drug-likeness (QED) is 0.435. The van der Waals surface area contributed by atoms with Crippen molar-refractivity contribution in [3.63, 3.8) is 0 Å². The lowest BCUT2D eigenvalue weighted by Crippen LogP contribution is -2.32. The highest BCUT2D eigenvalue weighted by molar-refractivity contribution is 7.22. The van der Waals surface area contributed by atoms with Crippen LogP contribution in [0, 0.1) is 6.92 Å². The normalized spacial score (nSPS) is 11.2. The molecule has 0 aliphatic heterocycles. The zero-order valence-electron chi connectivity index (χ0n) is 16.8. The number of carbonyl (C=O) groups excluding carboxylic acids is 1. The third kappa shape index (κ3) is 6.03. The number of hydrogen-bond donors (Lipinski definition) is 0. The van der Waals surface area contributed by atoms with Crippen molar-refractivity contribution in [1.29, 1.82) is 0 Å². The molecule has 0 unspecified atom stereocenters. The van der Waals surface area contributed by atoms with Crippen molar-refractivity contribution < 1.29 is 4.79 Å². The van der Waals surface area contributed by atoms with Crippen molar-refractivity contribution in [3.05, 3.63) is 64.7 Å². The number of halogens is 2. The first-order valence-electron chi connectivity index (χ1n) is 9.20. The lowest BCUT2D eigenvalue weighted by molar-refractivity contribution is -0.114. The molecule has 1 heterocycles. The molecule has 7 heteroatoms. The summed E-state index contributed by atoms with van der Waals surface area (Å²) in [5, 5.41) is 1.36. The van der Waals surface area contributed by atoms with E-state index in [1.807, 2.05) is 63.5 Å². The van der Waals surface area contributed by atoms with Crippen molar-refractivity contribution >= 4 is 62.7 Å². The van der Waals surface area contributed by atoms with Crippen LogP contribution in [0.1, 0.15) is 17.5 Å². The maximum atomic E-state index is 13.0. The molecule has 1 amide bonds. The minimum Gasteiger partial charge on any atom is -0.309 e. The van der Waals surface area contributed by atoms with Gasteiger partial charge in [0.2, 0.25) is 0 Å². The van der Waals surface area contributed by atoms with E-state index in [1.165, 1.54) is 0 Å².